The molecular weight excluding hydrogens is 431 g/mol. The van der Waals surface area contributed by atoms with Crippen molar-refractivity contribution in [1.82, 2.24) is 14.9 Å². The van der Waals surface area contributed by atoms with Crippen LogP contribution in [-0.4, -0.2) is 50.6 Å². The molecule has 0 bridgehead atoms. The van der Waals surface area contributed by atoms with Crippen molar-refractivity contribution in [2.75, 3.05) is 31.9 Å². The highest BCUT2D eigenvalue weighted by Crippen LogP contribution is 2.01. The molecule has 0 aliphatic rings. The molecule has 0 unspecified atom stereocenters. The number of rotatable bonds is 9. The molecule has 0 fully saturated rings. The lowest BCUT2D eigenvalue weighted by molar-refractivity contribution is 0.445. The van der Waals surface area contributed by atoms with Crippen LogP contribution >= 0.6 is 24.0 Å². The number of sulfonamides is 1. The van der Waals surface area contributed by atoms with E-state index < -0.39 is 10.0 Å². The van der Waals surface area contributed by atoms with Gasteiger partial charge in [0.25, 0.3) is 0 Å². The highest BCUT2D eigenvalue weighted by atomic mass is 127. The molecule has 0 radical (unpaired) electrons. The smallest absolute Gasteiger partial charge is 0.215 e. The van der Waals surface area contributed by atoms with Gasteiger partial charge in [-0.25, -0.2) is 17.7 Å². The lowest BCUT2D eigenvalue weighted by Crippen LogP contribution is -2.42. The second kappa shape index (κ2) is 11.7. The Morgan fingerprint density at radius 1 is 1.26 bits per heavy atom. The number of nitrogens with zero attached hydrogens (tertiary/aromatic N) is 2. The largest absolute Gasteiger partial charge is 0.467 e. The maximum Gasteiger partial charge on any atom is 0.215 e. The Labute approximate surface area is 156 Å². The predicted octanol–water partition coefficient (Wildman–Crippen LogP) is 1.62. The van der Waals surface area contributed by atoms with E-state index in [-0.39, 0.29) is 29.7 Å². The van der Waals surface area contributed by atoms with Crippen LogP contribution in [0.25, 0.3) is 0 Å². The second-order valence-corrected chi connectivity index (χ2v) is 6.69. The minimum Gasteiger partial charge on any atom is -0.467 e. The van der Waals surface area contributed by atoms with Crippen molar-refractivity contribution in [2.24, 2.45) is 4.99 Å². The van der Waals surface area contributed by atoms with Gasteiger partial charge in [-0.05, 0) is 19.1 Å². The first-order valence-electron chi connectivity index (χ1n) is 7.55. The minimum atomic E-state index is -3.22. The second-order valence-electron chi connectivity index (χ2n) is 4.60. The fourth-order valence-corrected chi connectivity index (χ4v) is 3.35. The Kier molecular flexibility index (Phi) is 11.3. The zero-order chi connectivity index (χ0) is 16.4. The van der Waals surface area contributed by atoms with Crippen molar-refractivity contribution < 1.29 is 12.8 Å². The van der Waals surface area contributed by atoms with Crippen LogP contribution in [-0.2, 0) is 16.6 Å². The molecule has 7 nitrogen and oxygen atoms in total. The van der Waals surface area contributed by atoms with E-state index in [2.05, 4.69) is 15.6 Å². The number of hydrogen-bond acceptors (Lipinski definition) is 4. The van der Waals surface area contributed by atoms with Crippen LogP contribution in [0.1, 0.15) is 26.5 Å². The predicted molar refractivity (Wildman–Crippen MR) is 104 cm³/mol. The topological polar surface area (TPSA) is 86.9 Å². The number of furan rings is 1. The van der Waals surface area contributed by atoms with Crippen LogP contribution in [0, 0.1) is 0 Å². The molecule has 0 saturated carbocycles. The van der Waals surface area contributed by atoms with Gasteiger partial charge in [-0.3, -0.25) is 0 Å². The van der Waals surface area contributed by atoms with Gasteiger partial charge < -0.3 is 15.1 Å². The monoisotopic (exact) mass is 458 g/mol. The van der Waals surface area contributed by atoms with Crippen LogP contribution < -0.4 is 10.6 Å². The third-order valence-corrected chi connectivity index (χ3v) is 5.09. The molecular formula is C14H27IN4O3S. The van der Waals surface area contributed by atoms with Crippen molar-refractivity contribution in [2.45, 2.75) is 27.3 Å². The third kappa shape index (κ3) is 8.02. The van der Waals surface area contributed by atoms with E-state index in [1.54, 1.807) is 6.26 Å². The summed E-state index contributed by atoms with van der Waals surface area (Å²) in [5.74, 6) is 1.38. The summed E-state index contributed by atoms with van der Waals surface area (Å²) in [6.45, 7) is 8.03. The Bertz CT molecular complexity index is 542. The zero-order valence-corrected chi connectivity index (χ0v) is 17.1. The van der Waals surface area contributed by atoms with Crippen LogP contribution in [0.3, 0.4) is 0 Å². The fourth-order valence-electron chi connectivity index (χ4n) is 1.95. The minimum absolute atomic E-state index is 0. The van der Waals surface area contributed by atoms with Gasteiger partial charge in [0.05, 0.1) is 12.0 Å². The number of hydrogen-bond donors (Lipinski definition) is 2. The van der Waals surface area contributed by atoms with Crippen LogP contribution in [0.15, 0.2) is 27.8 Å². The van der Waals surface area contributed by atoms with E-state index in [1.165, 1.54) is 4.31 Å². The van der Waals surface area contributed by atoms with Crippen LogP contribution in [0.4, 0.5) is 0 Å². The Morgan fingerprint density at radius 2 is 1.96 bits per heavy atom. The molecule has 2 N–H and O–H groups in total. The summed E-state index contributed by atoms with van der Waals surface area (Å²) in [5.41, 5.74) is 0. The summed E-state index contributed by atoms with van der Waals surface area (Å²) < 4.78 is 30.9. The van der Waals surface area contributed by atoms with Crippen LogP contribution in [0.5, 0.6) is 0 Å². The van der Waals surface area contributed by atoms with E-state index in [4.69, 9.17) is 4.42 Å². The molecule has 0 amide bonds. The maximum absolute atomic E-state index is 12.1. The van der Waals surface area contributed by atoms with E-state index in [9.17, 15) is 8.42 Å². The quantitative estimate of drug-likeness (QED) is 0.334. The highest BCUT2D eigenvalue weighted by Gasteiger charge is 2.18. The van der Waals surface area contributed by atoms with Crippen molar-refractivity contribution in [3.05, 3.63) is 24.2 Å². The molecule has 0 aliphatic carbocycles. The molecule has 0 saturated heterocycles. The van der Waals surface area contributed by atoms with Gasteiger partial charge in [0.15, 0.2) is 5.96 Å². The normalized spacial score (nSPS) is 12.1. The molecule has 0 aromatic carbocycles. The lowest BCUT2D eigenvalue weighted by atomic mass is 10.4. The van der Waals surface area contributed by atoms with Gasteiger partial charge in [0, 0.05) is 26.2 Å². The molecule has 23 heavy (non-hydrogen) atoms. The summed E-state index contributed by atoms with van der Waals surface area (Å²) in [5, 5.41) is 6.11. The molecule has 9 heteroatoms. The van der Waals surface area contributed by atoms with E-state index in [1.807, 2.05) is 32.9 Å². The van der Waals surface area contributed by atoms with Gasteiger partial charge in [-0.2, -0.15) is 0 Å². The summed E-state index contributed by atoms with van der Waals surface area (Å²) in [7, 11) is -3.22. The molecule has 134 valence electrons. The van der Waals surface area contributed by atoms with Crippen molar-refractivity contribution in [3.63, 3.8) is 0 Å². The maximum atomic E-state index is 12.1. The highest BCUT2D eigenvalue weighted by molar-refractivity contribution is 14.0. The Balaban J connectivity index is 0.00000484. The molecule has 1 aromatic heterocycles. The van der Waals surface area contributed by atoms with Crippen molar-refractivity contribution >= 4 is 40.0 Å². The number of nitrogens with one attached hydrogen (secondary N) is 2. The number of aliphatic imine (C=N–C) groups is 1. The van der Waals surface area contributed by atoms with E-state index in [0.29, 0.717) is 38.7 Å². The first-order valence-corrected chi connectivity index (χ1v) is 9.16. The molecule has 0 spiro atoms. The molecule has 1 aromatic rings. The standard InChI is InChI=1S/C14H26N4O3S.HI/c1-4-15-14(17-12-13-8-7-10-21-13)16-9-11-22(19,20)18(5-2)6-3;/h7-8,10H,4-6,9,11-12H2,1-3H3,(H2,15,16,17);1H. The number of guanidine groups is 1. The zero-order valence-electron chi connectivity index (χ0n) is 13.9. The average molecular weight is 458 g/mol. The SMILES string of the molecule is CCNC(=NCc1ccco1)NCCS(=O)(=O)N(CC)CC.I. The number of halogens is 1. The molecule has 0 aliphatic heterocycles. The Hall–Kier alpha value is -0.810. The molecule has 1 heterocycles. The molecule has 1 rings (SSSR count). The van der Waals surface area contributed by atoms with Gasteiger partial charge in [0.1, 0.15) is 12.3 Å². The van der Waals surface area contributed by atoms with Gasteiger partial charge in [-0.1, -0.05) is 13.8 Å². The summed E-state index contributed by atoms with van der Waals surface area (Å²) in [4.78, 5) is 4.35. The summed E-state index contributed by atoms with van der Waals surface area (Å²) in [6.07, 6.45) is 1.60. The third-order valence-electron chi connectivity index (χ3n) is 3.07. The van der Waals surface area contributed by atoms with Crippen LogP contribution in [0.2, 0.25) is 0 Å². The Morgan fingerprint density at radius 3 is 2.48 bits per heavy atom. The van der Waals surface area contributed by atoms with Crippen molar-refractivity contribution in [3.8, 4) is 0 Å². The fraction of sp³-hybridized carbons (Fsp3) is 0.643. The first-order chi connectivity index (χ1) is 10.5. The molecule has 0 atom stereocenters. The van der Waals surface area contributed by atoms with E-state index in [0.717, 1.165) is 5.76 Å². The van der Waals surface area contributed by atoms with E-state index >= 15 is 0 Å². The van der Waals surface area contributed by atoms with Gasteiger partial charge in [-0.15, -0.1) is 24.0 Å². The lowest BCUT2D eigenvalue weighted by Gasteiger charge is -2.19. The van der Waals surface area contributed by atoms with Gasteiger partial charge >= 0.3 is 0 Å². The average Bonchev–Trinajstić information content (AvgIpc) is 2.99. The van der Waals surface area contributed by atoms with Gasteiger partial charge in [0.2, 0.25) is 10.0 Å². The van der Waals surface area contributed by atoms with Crippen molar-refractivity contribution in [1.29, 1.82) is 0 Å². The first kappa shape index (κ1) is 22.2. The summed E-state index contributed by atoms with van der Waals surface area (Å²) >= 11 is 0. The summed E-state index contributed by atoms with van der Waals surface area (Å²) in [6, 6.07) is 3.65.